The quantitative estimate of drug-likeness (QED) is 0.403. The van der Waals surface area contributed by atoms with E-state index < -0.39 is 0 Å². The molecule has 1 atom stereocenters. The van der Waals surface area contributed by atoms with Gasteiger partial charge in [-0.15, -0.1) is 0 Å². The largest absolute Gasteiger partial charge is 0.486 e. The van der Waals surface area contributed by atoms with Gasteiger partial charge >= 0.3 is 0 Å². The van der Waals surface area contributed by atoms with Crippen LogP contribution in [0.2, 0.25) is 0 Å². The molecular weight excluding hydrogens is 460 g/mol. The maximum Gasteiger partial charge on any atom is 0.225 e. The maximum atomic E-state index is 13.3. The highest BCUT2D eigenvalue weighted by molar-refractivity contribution is 5.92. The van der Waals surface area contributed by atoms with Crippen LogP contribution in [0, 0.1) is 0 Å². The van der Waals surface area contributed by atoms with Crippen LogP contribution in [-0.4, -0.2) is 37.1 Å². The average Bonchev–Trinajstić information content (AvgIpc) is 3.40. The van der Waals surface area contributed by atoms with E-state index in [-0.39, 0.29) is 17.2 Å². The molecular formula is C32H38N2O3. The highest BCUT2D eigenvalue weighted by Gasteiger charge is 2.22. The summed E-state index contributed by atoms with van der Waals surface area (Å²) in [4.78, 5) is 15.9. The van der Waals surface area contributed by atoms with E-state index >= 15 is 0 Å². The summed E-state index contributed by atoms with van der Waals surface area (Å²) in [5, 5.41) is 3.09. The van der Waals surface area contributed by atoms with Crippen LogP contribution in [0.3, 0.4) is 0 Å². The first-order valence-corrected chi connectivity index (χ1v) is 13.5. The van der Waals surface area contributed by atoms with Crippen molar-refractivity contribution >= 4 is 11.6 Å². The molecule has 1 fully saturated rings. The number of nitrogens with one attached hydrogen (secondary N) is 1. The molecule has 0 radical (unpaired) electrons. The number of anilines is 1. The molecule has 2 aliphatic rings. The molecule has 0 aromatic heterocycles. The Balaban J connectivity index is 1.39. The molecule has 5 heteroatoms. The summed E-state index contributed by atoms with van der Waals surface area (Å²) in [6.45, 7) is 11.0. The zero-order chi connectivity index (χ0) is 25.8. The topological polar surface area (TPSA) is 50.8 Å². The van der Waals surface area contributed by atoms with Crippen molar-refractivity contribution in [2.24, 2.45) is 0 Å². The highest BCUT2D eigenvalue weighted by atomic mass is 16.6. The lowest BCUT2D eigenvalue weighted by Crippen LogP contribution is -2.19. The number of amides is 1. The van der Waals surface area contributed by atoms with Gasteiger partial charge in [0.05, 0.1) is 0 Å². The van der Waals surface area contributed by atoms with Gasteiger partial charge in [-0.2, -0.15) is 0 Å². The summed E-state index contributed by atoms with van der Waals surface area (Å²) in [7, 11) is 0. The monoisotopic (exact) mass is 498 g/mol. The summed E-state index contributed by atoms with van der Waals surface area (Å²) in [5.41, 5.74) is 5.74. The fourth-order valence-electron chi connectivity index (χ4n) is 5.27. The smallest absolute Gasteiger partial charge is 0.225 e. The van der Waals surface area contributed by atoms with Gasteiger partial charge < -0.3 is 14.8 Å². The van der Waals surface area contributed by atoms with E-state index in [9.17, 15) is 4.79 Å². The summed E-state index contributed by atoms with van der Waals surface area (Å²) in [6.07, 6.45) is 2.92. The Bertz CT molecular complexity index is 1220. The fraction of sp³-hybridized carbons (Fsp3) is 0.406. The van der Waals surface area contributed by atoms with Crippen LogP contribution in [0.15, 0.2) is 66.7 Å². The highest BCUT2D eigenvalue weighted by Crippen LogP contribution is 2.34. The van der Waals surface area contributed by atoms with Crippen LogP contribution in [0.5, 0.6) is 11.5 Å². The third-order valence-corrected chi connectivity index (χ3v) is 7.35. The minimum Gasteiger partial charge on any atom is -0.486 e. The van der Waals surface area contributed by atoms with E-state index in [1.165, 1.54) is 42.6 Å². The lowest BCUT2D eigenvalue weighted by Gasteiger charge is -2.23. The van der Waals surface area contributed by atoms with Crippen molar-refractivity contribution in [1.82, 2.24) is 4.90 Å². The number of carbonyl (C=O) groups excluding carboxylic acids is 1. The Morgan fingerprint density at radius 2 is 1.62 bits per heavy atom. The minimum absolute atomic E-state index is 0.0217. The summed E-state index contributed by atoms with van der Waals surface area (Å²) >= 11 is 0. The summed E-state index contributed by atoms with van der Waals surface area (Å²) in [5.74, 6) is 1.33. The van der Waals surface area contributed by atoms with Crippen LogP contribution < -0.4 is 14.8 Å². The first-order valence-electron chi connectivity index (χ1n) is 13.5. The van der Waals surface area contributed by atoms with Gasteiger partial charge in [-0.25, -0.2) is 0 Å². The fourth-order valence-corrected chi connectivity index (χ4v) is 5.27. The van der Waals surface area contributed by atoms with Crippen LogP contribution in [-0.2, 0) is 16.8 Å². The predicted octanol–water partition coefficient (Wildman–Crippen LogP) is 6.51. The second-order valence-corrected chi connectivity index (χ2v) is 11.3. The standard InChI is InChI=1S/C32H38N2O3/c1-32(2,3)26-11-9-24(10-12-26)28(25-8-6-7-23(19-25)22-34-15-4-5-16-34)21-31(35)33-27-13-14-29-30(20-27)37-18-17-36-29/h6-14,19-20,28H,4-5,15-18,21-22H2,1-3H3,(H,33,35). The molecule has 2 heterocycles. The molecule has 0 aliphatic carbocycles. The maximum absolute atomic E-state index is 13.3. The van der Waals surface area contributed by atoms with Crippen molar-refractivity contribution in [3.63, 3.8) is 0 Å². The third kappa shape index (κ3) is 6.34. The SMILES string of the molecule is CC(C)(C)c1ccc(C(CC(=O)Nc2ccc3c(c2)OCCO3)c2cccc(CN3CCCC3)c2)cc1. The number of fused-ring (bicyclic) bond motifs is 1. The molecule has 1 amide bonds. The molecule has 2 aliphatic heterocycles. The molecule has 3 aromatic carbocycles. The predicted molar refractivity (Wildman–Crippen MR) is 149 cm³/mol. The van der Waals surface area contributed by atoms with Gasteiger partial charge in [0, 0.05) is 30.6 Å². The van der Waals surface area contributed by atoms with Gasteiger partial charge in [0.25, 0.3) is 0 Å². The number of ether oxygens (including phenoxy) is 2. The molecule has 5 nitrogen and oxygen atoms in total. The third-order valence-electron chi connectivity index (χ3n) is 7.35. The van der Waals surface area contributed by atoms with Crippen LogP contribution in [0.1, 0.15) is 68.2 Å². The molecule has 37 heavy (non-hydrogen) atoms. The first-order chi connectivity index (χ1) is 17.8. The molecule has 5 rings (SSSR count). The molecule has 0 saturated carbocycles. The number of carbonyl (C=O) groups is 1. The Morgan fingerprint density at radius 3 is 2.35 bits per heavy atom. The van der Waals surface area contributed by atoms with Gasteiger partial charge in [-0.3, -0.25) is 9.69 Å². The Hall–Kier alpha value is -3.31. The van der Waals surface area contributed by atoms with E-state index in [1.807, 2.05) is 18.2 Å². The van der Waals surface area contributed by atoms with E-state index in [4.69, 9.17) is 9.47 Å². The lowest BCUT2D eigenvalue weighted by molar-refractivity contribution is -0.116. The molecule has 1 saturated heterocycles. The lowest BCUT2D eigenvalue weighted by atomic mass is 9.83. The van der Waals surface area contributed by atoms with Crippen molar-refractivity contribution in [2.75, 3.05) is 31.6 Å². The van der Waals surface area contributed by atoms with Crippen LogP contribution >= 0.6 is 0 Å². The van der Waals surface area contributed by atoms with Gasteiger partial charge in [0.1, 0.15) is 13.2 Å². The van der Waals surface area contributed by atoms with Crippen molar-refractivity contribution in [3.8, 4) is 11.5 Å². The number of benzene rings is 3. The van der Waals surface area contributed by atoms with Crippen LogP contribution in [0.25, 0.3) is 0 Å². The van der Waals surface area contributed by atoms with Crippen molar-refractivity contribution in [2.45, 2.75) is 57.9 Å². The Kier molecular flexibility index (Phi) is 7.52. The molecule has 1 N–H and O–H groups in total. The number of nitrogens with zero attached hydrogens (tertiary/aromatic N) is 1. The average molecular weight is 499 g/mol. The minimum atomic E-state index is -0.0373. The molecule has 3 aromatic rings. The molecule has 194 valence electrons. The molecule has 0 bridgehead atoms. The molecule has 1 unspecified atom stereocenters. The number of hydrogen-bond donors (Lipinski definition) is 1. The Labute approximate surface area is 220 Å². The van der Waals surface area contributed by atoms with Crippen molar-refractivity contribution in [3.05, 3.63) is 89.0 Å². The van der Waals surface area contributed by atoms with Crippen LogP contribution in [0.4, 0.5) is 5.69 Å². The van der Waals surface area contributed by atoms with E-state index in [2.05, 4.69) is 79.5 Å². The summed E-state index contributed by atoms with van der Waals surface area (Å²) < 4.78 is 11.3. The van der Waals surface area contributed by atoms with E-state index in [0.717, 1.165) is 23.5 Å². The number of rotatable bonds is 7. The first kappa shape index (κ1) is 25.3. The van der Waals surface area contributed by atoms with Crippen molar-refractivity contribution < 1.29 is 14.3 Å². The van der Waals surface area contributed by atoms with Gasteiger partial charge in [0.2, 0.25) is 5.91 Å². The summed E-state index contributed by atoms with van der Waals surface area (Å²) in [6, 6.07) is 23.1. The second-order valence-electron chi connectivity index (χ2n) is 11.3. The van der Waals surface area contributed by atoms with E-state index in [0.29, 0.717) is 25.4 Å². The van der Waals surface area contributed by atoms with Crippen molar-refractivity contribution in [1.29, 1.82) is 0 Å². The Morgan fingerprint density at radius 1 is 0.892 bits per heavy atom. The number of likely N-dealkylation sites (tertiary alicyclic amines) is 1. The zero-order valence-electron chi connectivity index (χ0n) is 22.3. The van der Waals surface area contributed by atoms with Gasteiger partial charge in [-0.05, 0) is 65.7 Å². The molecule has 0 spiro atoms. The van der Waals surface area contributed by atoms with Gasteiger partial charge in [0.15, 0.2) is 11.5 Å². The van der Waals surface area contributed by atoms with Gasteiger partial charge in [-0.1, -0.05) is 69.3 Å². The second kappa shape index (κ2) is 11.0. The zero-order valence-corrected chi connectivity index (χ0v) is 22.3. The number of hydrogen-bond acceptors (Lipinski definition) is 4. The van der Waals surface area contributed by atoms with E-state index in [1.54, 1.807) is 0 Å². The normalized spacial score (nSPS) is 16.4.